The molecule has 2 saturated heterocycles. The molecular weight excluding hydrogens is 456 g/mol. The second kappa shape index (κ2) is 12.6. The van der Waals surface area contributed by atoms with Gasteiger partial charge in [0.2, 0.25) is 0 Å². The number of benzene rings is 2. The zero-order chi connectivity index (χ0) is 25.6. The van der Waals surface area contributed by atoms with E-state index >= 15 is 0 Å². The van der Waals surface area contributed by atoms with Crippen molar-refractivity contribution in [3.8, 4) is 0 Å². The lowest BCUT2D eigenvalue weighted by molar-refractivity contribution is -0.144. The number of piperidine rings is 1. The van der Waals surface area contributed by atoms with E-state index in [1.165, 1.54) is 81.1 Å². The number of aliphatic carboxylic acids is 1. The van der Waals surface area contributed by atoms with E-state index in [1.807, 2.05) is 0 Å². The molecule has 3 unspecified atom stereocenters. The van der Waals surface area contributed by atoms with Crippen LogP contribution in [0.5, 0.6) is 0 Å². The maximum Gasteiger partial charge on any atom is 0.320 e. The molecular formula is C33H46N2O2. The lowest BCUT2D eigenvalue weighted by Gasteiger charge is -2.35. The number of likely N-dealkylation sites (tertiary alicyclic amines) is 2. The van der Waals surface area contributed by atoms with Crippen LogP contribution in [0.3, 0.4) is 0 Å². The van der Waals surface area contributed by atoms with Crippen molar-refractivity contribution < 1.29 is 9.90 Å². The predicted molar refractivity (Wildman–Crippen MR) is 151 cm³/mol. The minimum Gasteiger partial charge on any atom is -0.480 e. The summed E-state index contributed by atoms with van der Waals surface area (Å²) in [5.74, 6) is 1.77. The minimum absolute atomic E-state index is 0.321. The summed E-state index contributed by atoms with van der Waals surface area (Å²) in [7, 11) is 0. The molecule has 3 aliphatic rings. The Kier molecular flexibility index (Phi) is 8.99. The molecule has 3 fully saturated rings. The Bertz CT molecular complexity index is 996. The maximum atomic E-state index is 12.3. The molecule has 0 spiro atoms. The van der Waals surface area contributed by atoms with Gasteiger partial charge in [-0.05, 0) is 81.0 Å². The van der Waals surface area contributed by atoms with E-state index in [-0.39, 0.29) is 6.04 Å². The molecule has 2 aliphatic heterocycles. The van der Waals surface area contributed by atoms with E-state index in [4.69, 9.17) is 0 Å². The molecule has 4 nitrogen and oxygen atoms in total. The van der Waals surface area contributed by atoms with Crippen molar-refractivity contribution >= 4 is 5.97 Å². The molecule has 2 heterocycles. The number of carboxylic acid groups (broad SMARTS) is 1. The van der Waals surface area contributed by atoms with E-state index in [9.17, 15) is 9.90 Å². The summed E-state index contributed by atoms with van der Waals surface area (Å²) in [6.45, 7) is 7.45. The van der Waals surface area contributed by atoms with Crippen LogP contribution in [0.4, 0.5) is 0 Å². The van der Waals surface area contributed by atoms with E-state index in [0.717, 1.165) is 32.0 Å². The monoisotopic (exact) mass is 502 g/mol. The van der Waals surface area contributed by atoms with Gasteiger partial charge in [-0.15, -0.1) is 0 Å². The maximum absolute atomic E-state index is 12.3. The van der Waals surface area contributed by atoms with Gasteiger partial charge in [-0.1, -0.05) is 85.8 Å². The fourth-order valence-electron chi connectivity index (χ4n) is 7.10. The number of hydrogen-bond donors (Lipinski definition) is 1. The van der Waals surface area contributed by atoms with Crippen molar-refractivity contribution in [1.29, 1.82) is 0 Å². The standard InChI is InChI=1S/C33H46N2O2/c1-25-8-5-15-29(20-25)31-24-35(32(33(36)37)21-28-13-7-14-28)23-30(31)22-34-18-16-27(17-19-34)12-6-11-26-9-3-2-4-10-26/h2-5,8-10,15,20,27-28,30-32H,6-7,11-14,16-19,21-24H2,1H3,(H,36,37). The third kappa shape index (κ3) is 7.03. The number of carbonyl (C=O) groups is 1. The quantitative estimate of drug-likeness (QED) is 0.387. The average Bonchev–Trinajstić information content (AvgIpc) is 3.28. The van der Waals surface area contributed by atoms with Gasteiger partial charge in [0.05, 0.1) is 0 Å². The minimum atomic E-state index is -0.619. The van der Waals surface area contributed by atoms with Crippen LogP contribution in [-0.4, -0.2) is 59.6 Å². The van der Waals surface area contributed by atoms with Crippen LogP contribution in [-0.2, 0) is 11.2 Å². The largest absolute Gasteiger partial charge is 0.480 e. The Balaban J connectivity index is 1.17. The van der Waals surface area contributed by atoms with Crippen LogP contribution in [0.1, 0.15) is 74.0 Å². The molecule has 0 amide bonds. The van der Waals surface area contributed by atoms with Gasteiger partial charge in [-0.25, -0.2) is 0 Å². The molecule has 1 saturated carbocycles. The second-order valence-corrected chi connectivity index (χ2v) is 12.2. The highest BCUT2D eigenvalue weighted by Gasteiger charge is 2.41. The molecule has 0 aromatic heterocycles. The van der Waals surface area contributed by atoms with Gasteiger partial charge in [0, 0.05) is 25.6 Å². The Hall–Kier alpha value is -2.17. The summed E-state index contributed by atoms with van der Waals surface area (Å²) in [6, 6.07) is 19.5. The molecule has 4 heteroatoms. The Morgan fingerprint density at radius 1 is 0.973 bits per heavy atom. The Labute approximate surface area is 224 Å². The molecule has 200 valence electrons. The number of hydrogen-bond acceptors (Lipinski definition) is 3. The molecule has 1 aliphatic carbocycles. The fourth-order valence-corrected chi connectivity index (χ4v) is 7.10. The predicted octanol–water partition coefficient (Wildman–Crippen LogP) is 6.39. The van der Waals surface area contributed by atoms with E-state index < -0.39 is 5.97 Å². The number of nitrogens with zero attached hydrogens (tertiary/aromatic N) is 2. The lowest BCUT2D eigenvalue weighted by atomic mass is 9.80. The smallest absolute Gasteiger partial charge is 0.320 e. The summed E-state index contributed by atoms with van der Waals surface area (Å²) in [6.07, 6.45) is 11.0. The Morgan fingerprint density at radius 3 is 2.43 bits per heavy atom. The van der Waals surface area contributed by atoms with Crippen molar-refractivity contribution in [1.82, 2.24) is 9.80 Å². The highest BCUT2D eigenvalue weighted by molar-refractivity contribution is 5.73. The number of aryl methyl sites for hydroxylation is 2. The molecule has 5 rings (SSSR count). The van der Waals surface area contributed by atoms with Gasteiger partial charge < -0.3 is 10.0 Å². The van der Waals surface area contributed by atoms with Crippen LogP contribution < -0.4 is 0 Å². The third-order valence-electron chi connectivity index (χ3n) is 9.57. The number of rotatable bonds is 11. The zero-order valence-corrected chi connectivity index (χ0v) is 22.7. The molecule has 0 radical (unpaired) electrons. The van der Waals surface area contributed by atoms with Crippen molar-refractivity contribution in [3.63, 3.8) is 0 Å². The highest BCUT2D eigenvalue weighted by Crippen LogP contribution is 2.38. The first kappa shape index (κ1) is 26.4. The van der Waals surface area contributed by atoms with Gasteiger partial charge in [-0.2, -0.15) is 0 Å². The first-order valence-corrected chi connectivity index (χ1v) is 14.8. The summed E-state index contributed by atoms with van der Waals surface area (Å²) in [5, 5.41) is 10.1. The summed E-state index contributed by atoms with van der Waals surface area (Å²) < 4.78 is 0. The summed E-state index contributed by atoms with van der Waals surface area (Å²) >= 11 is 0. The second-order valence-electron chi connectivity index (χ2n) is 12.2. The van der Waals surface area contributed by atoms with Crippen LogP contribution >= 0.6 is 0 Å². The Morgan fingerprint density at radius 2 is 1.76 bits per heavy atom. The van der Waals surface area contributed by atoms with Crippen molar-refractivity contribution in [2.75, 3.05) is 32.7 Å². The highest BCUT2D eigenvalue weighted by atomic mass is 16.4. The molecule has 2 aromatic carbocycles. The number of carboxylic acids is 1. The van der Waals surface area contributed by atoms with Gasteiger partial charge in [0.25, 0.3) is 0 Å². The zero-order valence-electron chi connectivity index (χ0n) is 22.7. The van der Waals surface area contributed by atoms with Crippen molar-refractivity contribution in [2.45, 2.75) is 76.7 Å². The SMILES string of the molecule is Cc1cccc(C2CN(C(CC3CCC3)C(=O)O)CC2CN2CCC(CCCc3ccccc3)CC2)c1. The molecule has 2 aromatic rings. The van der Waals surface area contributed by atoms with Gasteiger partial charge >= 0.3 is 5.97 Å². The first-order chi connectivity index (χ1) is 18.0. The van der Waals surface area contributed by atoms with E-state index in [0.29, 0.717) is 17.8 Å². The third-order valence-corrected chi connectivity index (χ3v) is 9.57. The van der Waals surface area contributed by atoms with Crippen LogP contribution in [0, 0.1) is 24.7 Å². The van der Waals surface area contributed by atoms with Crippen LogP contribution in [0.25, 0.3) is 0 Å². The molecule has 1 N–H and O–H groups in total. The van der Waals surface area contributed by atoms with Gasteiger partial charge in [0.1, 0.15) is 6.04 Å². The normalized spacial score (nSPS) is 24.7. The van der Waals surface area contributed by atoms with Gasteiger partial charge in [0.15, 0.2) is 0 Å². The molecule has 0 bridgehead atoms. The topological polar surface area (TPSA) is 43.8 Å². The van der Waals surface area contributed by atoms with Crippen LogP contribution in [0.2, 0.25) is 0 Å². The van der Waals surface area contributed by atoms with E-state index in [1.54, 1.807) is 0 Å². The lowest BCUT2D eigenvalue weighted by Crippen LogP contribution is -2.43. The van der Waals surface area contributed by atoms with E-state index in [2.05, 4.69) is 71.3 Å². The summed E-state index contributed by atoms with van der Waals surface area (Å²) in [4.78, 5) is 17.3. The van der Waals surface area contributed by atoms with Crippen molar-refractivity contribution in [2.24, 2.45) is 17.8 Å². The van der Waals surface area contributed by atoms with Crippen LogP contribution in [0.15, 0.2) is 54.6 Å². The van der Waals surface area contributed by atoms with Crippen molar-refractivity contribution in [3.05, 3.63) is 71.3 Å². The van der Waals surface area contributed by atoms with Gasteiger partial charge in [-0.3, -0.25) is 9.69 Å². The summed E-state index contributed by atoms with van der Waals surface area (Å²) in [5.41, 5.74) is 4.16. The molecule has 37 heavy (non-hydrogen) atoms. The fraction of sp³-hybridized carbons (Fsp3) is 0.606. The first-order valence-electron chi connectivity index (χ1n) is 14.8. The molecule has 3 atom stereocenters. The average molecular weight is 503 g/mol.